The van der Waals surface area contributed by atoms with Gasteiger partial charge in [0.15, 0.2) is 0 Å². The molecule has 148 valence electrons. The molecule has 4 rings (SSSR count). The summed E-state index contributed by atoms with van der Waals surface area (Å²) >= 11 is 2.91. The molecule has 2 aromatic rings. The summed E-state index contributed by atoms with van der Waals surface area (Å²) < 4.78 is 36.0. The van der Waals surface area contributed by atoms with Gasteiger partial charge in [-0.25, -0.2) is 8.78 Å². The summed E-state index contributed by atoms with van der Waals surface area (Å²) in [4.78, 5) is 2.53. The summed E-state index contributed by atoms with van der Waals surface area (Å²) in [6.45, 7) is 7.64. The van der Waals surface area contributed by atoms with E-state index in [4.69, 9.17) is 0 Å². The third kappa shape index (κ3) is 4.40. The number of rotatable bonds is 4. The number of hydrogen-bond acceptors (Lipinski definition) is 5. The van der Waals surface area contributed by atoms with Crippen molar-refractivity contribution in [2.75, 3.05) is 19.6 Å². The monoisotopic (exact) mass is 419 g/mol. The van der Waals surface area contributed by atoms with Crippen LogP contribution in [-0.2, 0) is 0 Å². The summed E-state index contributed by atoms with van der Waals surface area (Å²) in [7, 11) is 0. The average Bonchev–Trinajstić information content (AvgIpc) is 3.21. The maximum Gasteiger partial charge on any atom is 0.135 e. The molecule has 0 amide bonds. The molecule has 2 saturated heterocycles. The minimum Gasteiger partial charge on any atom is -0.302 e. The van der Waals surface area contributed by atoms with E-state index in [2.05, 4.69) is 39.3 Å². The standard InChI is InChI=1S/C21H23F2N3S2/c1-13(2)19(6-5-14-8-16(22)10-17(23)9-14)27-21-20(24-28-25-21)18-12-26-7-3-4-15(18)11-26/h8-10,13,15,18-19H,3-4,7,11-12H2,1-2H3/t15-,18-,19-/m0/s1. The second-order valence-corrected chi connectivity index (χ2v) is 9.59. The normalized spacial score (nSPS) is 24.8. The molecule has 2 aliphatic rings. The van der Waals surface area contributed by atoms with Gasteiger partial charge in [0, 0.05) is 30.6 Å². The minimum absolute atomic E-state index is 0.0185. The SMILES string of the molecule is CC(C)[C@H](C#Cc1cc(F)cc(F)c1)Sc1nsnc1[C@H]1CN2CCC[C@H]1C2. The predicted octanol–water partition coefficient (Wildman–Crippen LogP) is 4.79. The predicted molar refractivity (Wildman–Crippen MR) is 110 cm³/mol. The zero-order valence-corrected chi connectivity index (χ0v) is 17.6. The van der Waals surface area contributed by atoms with Gasteiger partial charge in [-0.2, -0.15) is 8.75 Å². The molecule has 1 unspecified atom stereocenters. The van der Waals surface area contributed by atoms with Gasteiger partial charge in [0.2, 0.25) is 0 Å². The highest BCUT2D eigenvalue weighted by Gasteiger charge is 2.39. The fraction of sp³-hybridized carbons (Fsp3) is 0.524. The number of benzene rings is 1. The van der Waals surface area contributed by atoms with Gasteiger partial charge in [0.1, 0.15) is 16.7 Å². The van der Waals surface area contributed by atoms with Crippen LogP contribution in [0.5, 0.6) is 0 Å². The maximum atomic E-state index is 13.4. The second-order valence-electron chi connectivity index (χ2n) is 7.93. The number of thioether (sulfide) groups is 1. The van der Waals surface area contributed by atoms with Crippen molar-refractivity contribution in [2.45, 2.75) is 42.9 Å². The van der Waals surface area contributed by atoms with Gasteiger partial charge in [-0.1, -0.05) is 37.5 Å². The Bertz CT molecular complexity index is 882. The van der Waals surface area contributed by atoms with Crippen LogP contribution in [-0.4, -0.2) is 38.5 Å². The average molecular weight is 420 g/mol. The molecule has 3 heterocycles. The van der Waals surface area contributed by atoms with Crippen LogP contribution < -0.4 is 0 Å². The minimum atomic E-state index is -0.605. The fourth-order valence-electron chi connectivity index (χ4n) is 4.05. The van der Waals surface area contributed by atoms with E-state index in [1.807, 2.05) is 0 Å². The van der Waals surface area contributed by atoms with Gasteiger partial charge in [0.05, 0.1) is 22.7 Å². The molecule has 7 heteroatoms. The van der Waals surface area contributed by atoms with Gasteiger partial charge in [0.25, 0.3) is 0 Å². The topological polar surface area (TPSA) is 29.0 Å². The molecule has 0 spiro atoms. The van der Waals surface area contributed by atoms with Gasteiger partial charge in [-0.3, -0.25) is 0 Å². The molecular weight excluding hydrogens is 396 g/mol. The Morgan fingerprint density at radius 2 is 1.96 bits per heavy atom. The van der Waals surface area contributed by atoms with E-state index in [-0.39, 0.29) is 11.2 Å². The Hall–Kier alpha value is -1.49. The molecule has 0 aliphatic carbocycles. The van der Waals surface area contributed by atoms with Gasteiger partial charge < -0.3 is 4.90 Å². The number of nitrogens with zero attached hydrogens (tertiary/aromatic N) is 3. The molecular formula is C21H23F2N3S2. The van der Waals surface area contributed by atoms with E-state index >= 15 is 0 Å². The van der Waals surface area contributed by atoms with E-state index in [1.54, 1.807) is 11.8 Å². The Kier molecular flexibility index (Phi) is 6.00. The lowest BCUT2D eigenvalue weighted by atomic mass is 9.89. The van der Waals surface area contributed by atoms with Crippen LogP contribution in [0.2, 0.25) is 0 Å². The lowest BCUT2D eigenvalue weighted by Gasteiger charge is -2.21. The van der Waals surface area contributed by atoms with E-state index in [9.17, 15) is 8.78 Å². The van der Waals surface area contributed by atoms with E-state index in [0.717, 1.165) is 23.3 Å². The number of aromatic nitrogens is 2. The molecule has 0 N–H and O–H groups in total. The highest BCUT2D eigenvalue weighted by atomic mass is 32.2. The van der Waals surface area contributed by atoms with Crippen LogP contribution in [0.25, 0.3) is 0 Å². The van der Waals surface area contributed by atoms with E-state index < -0.39 is 11.6 Å². The second kappa shape index (κ2) is 8.48. The first kappa shape index (κ1) is 19.8. The van der Waals surface area contributed by atoms with Crippen molar-refractivity contribution >= 4 is 23.5 Å². The van der Waals surface area contributed by atoms with Crippen LogP contribution in [0.1, 0.15) is 43.9 Å². The van der Waals surface area contributed by atoms with Gasteiger partial charge >= 0.3 is 0 Å². The summed E-state index contributed by atoms with van der Waals surface area (Å²) in [5.41, 5.74) is 1.48. The fourth-order valence-corrected chi connectivity index (χ4v) is 5.85. The Morgan fingerprint density at radius 3 is 2.68 bits per heavy atom. The summed E-state index contributed by atoms with van der Waals surface area (Å²) in [5, 5.41) is 0.956. The number of fused-ring (bicyclic) bond motifs is 2. The molecule has 0 radical (unpaired) electrons. The molecule has 0 saturated carbocycles. The molecule has 4 atom stereocenters. The van der Waals surface area contributed by atoms with E-state index in [0.29, 0.717) is 17.4 Å². The molecule has 28 heavy (non-hydrogen) atoms. The van der Waals surface area contributed by atoms with Crippen LogP contribution in [0, 0.1) is 35.3 Å². The van der Waals surface area contributed by atoms with Crippen LogP contribution in [0.4, 0.5) is 8.78 Å². The van der Waals surface area contributed by atoms with Crippen LogP contribution in [0.15, 0.2) is 23.2 Å². The van der Waals surface area contributed by atoms with Crippen molar-refractivity contribution in [2.24, 2.45) is 11.8 Å². The van der Waals surface area contributed by atoms with Crippen molar-refractivity contribution < 1.29 is 8.78 Å². The summed E-state index contributed by atoms with van der Waals surface area (Å²) in [6, 6.07) is 3.39. The highest BCUT2D eigenvalue weighted by Crippen LogP contribution is 2.42. The maximum absolute atomic E-state index is 13.4. The number of piperidine rings is 1. The molecule has 1 aromatic heterocycles. The van der Waals surface area contributed by atoms with Crippen molar-refractivity contribution in [3.63, 3.8) is 0 Å². The Morgan fingerprint density at radius 1 is 1.18 bits per heavy atom. The lowest BCUT2D eigenvalue weighted by molar-refractivity contribution is 0.269. The number of halogens is 2. The first-order valence-electron chi connectivity index (χ1n) is 9.68. The molecule has 2 aliphatic heterocycles. The lowest BCUT2D eigenvalue weighted by Crippen LogP contribution is -2.25. The smallest absolute Gasteiger partial charge is 0.135 e. The summed E-state index contributed by atoms with van der Waals surface area (Å²) in [6.07, 6.45) is 2.53. The molecule has 1 aromatic carbocycles. The zero-order chi connectivity index (χ0) is 19.7. The van der Waals surface area contributed by atoms with Gasteiger partial charge in [-0.05, 0) is 43.4 Å². The first-order chi connectivity index (χ1) is 13.5. The molecule has 2 fully saturated rings. The quantitative estimate of drug-likeness (QED) is 0.526. The van der Waals surface area contributed by atoms with Crippen LogP contribution >= 0.6 is 23.5 Å². The van der Waals surface area contributed by atoms with Crippen molar-refractivity contribution in [1.82, 2.24) is 13.6 Å². The Balaban J connectivity index is 1.54. The van der Waals surface area contributed by atoms with E-state index in [1.165, 1.54) is 49.8 Å². The molecule has 2 bridgehead atoms. The Labute approximate surface area is 173 Å². The number of hydrogen-bond donors (Lipinski definition) is 0. The molecule has 3 nitrogen and oxygen atoms in total. The van der Waals surface area contributed by atoms with Crippen molar-refractivity contribution in [1.29, 1.82) is 0 Å². The highest BCUT2D eigenvalue weighted by molar-refractivity contribution is 8.00. The van der Waals surface area contributed by atoms with Gasteiger partial charge in [-0.15, -0.1) is 0 Å². The van der Waals surface area contributed by atoms with Crippen molar-refractivity contribution in [3.8, 4) is 11.8 Å². The summed E-state index contributed by atoms with van der Waals surface area (Å²) in [5.74, 6) is 6.34. The third-order valence-corrected chi connectivity index (χ3v) is 7.56. The largest absolute Gasteiger partial charge is 0.302 e. The van der Waals surface area contributed by atoms with Crippen LogP contribution in [0.3, 0.4) is 0 Å². The van der Waals surface area contributed by atoms with Crippen molar-refractivity contribution in [3.05, 3.63) is 41.1 Å². The third-order valence-electron chi connectivity index (χ3n) is 5.46. The first-order valence-corrected chi connectivity index (χ1v) is 11.3. The zero-order valence-electron chi connectivity index (χ0n) is 16.0.